The van der Waals surface area contributed by atoms with Gasteiger partial charge in [0.1, 0.15) is 11.0 Å². The number of nitrogens with two attached hydrogens (primary N) is 1. The summed E-state index contributed by atoms with van der Waals surface area (Å²) in [5.41, 5.74) is 7.68. The molecule has 5 nitrogen and oxygen atoms in total. The average molecular weight is 307 g/mol. The van der Waals surface area contributed by atoms with Crippen molar-refractivity contribution in [2.45, 2.75) is 19.5 Å². The molecule has 21 heavy (non-hydrogen) atoms. The van der Waals surface area contributed by atoms with Crippen LogP contribution in [-0.4, -0.2) is 48.1 Å². The molecule has 1 aromatic carbocycles. The number of rotatable bonds is 5. The first-order valence-electron chi connectivity index (χ1n) is 7.10. The summed E-state index contributed by atoms with van der Waals surface area (Å²) in [6, 6.07) is 7.52. The van der Waals surface area contributed by atoms with Crippen molar-refractivity contribution < 1.29 is 9.53 Å². The minimum absolute atomic E-state index is 0.00464. The lowest BCUT2D eigenvalue weighted by Gasteiger charge is -2.34. The van der Waals surface area contributed by atoms with E-state index in [1.165, 1.54) is 0 Å². The van der Waals surface area contributed by atoms with Gasteiger partial charge in [0.05, 0.1) is 13.2 Å². The van der Waals surface area contributed by atoms with Gasteiger partial charge in [-0.3, -0.25) is 9.69 Å². The zero-order chi connectivity index (χ0) is 15.2. The van der Waals surface area contributed by atoms with Gasteiger partial charge in [-0.25, -0.2) is 0 Å². The topological polar surface area (TPSA) is 67.6 Å². The lowest BCUT2D eigenvalue weighted by molar-refractivity contribution is -0.132. The van der Waals surface area contributed by atoms with Crippen molar-refractivity contribution in [1.82, 2.24) is 10.2 Å². The average Bonchev–Trinajstić information content (AvgIpc) is 2.48. The molecule has 1 fully saturated rings. The molecule has 2 rings (SSSR count). The third-order valence-corrected chi connectivity index (χ3v) is 3.77. The second-order valence-corrected chi connectivity index (χ2v) is 5.42. The monoisotopic (exact) mass is 307 g/mol. The molecule has 0 saturated carbocycles. The van der Waals surface area contributed by atoms with Crippen LogP contribution in [0.25, 0.3) is 0 Å². The van der Waals surface area contributed by atoms with Gasteiger partial charge in [-0.05, 0) is 12.5 Å². The molecule has 1 atom stereocenters. The molecule has 1 aromatic rings. The highest BCUT2D eigenvalue weighted by Crippen LogP contribution is 2.16. The summed E-state index contributed by atoms with van der Waals surface area (Å²) < 4.78 is 5.44. The summed E-state index contributed by atoms with van der Waals surface area (Å²) in [7, 11) is 0. The number of hydrogen-bond donors (Lipinski definition) is 2. The van der Waals surface area contributed by atoms with E-state index in [1.807, 2.05) is 31.2 Å². The van der Waals surface area contributed by atoms with Gasteiger partial charge in [0.2, 0.25) is 5.91 Å². The normalized spacial score (nSPS) is 19.2. The van der Waals surface area contributed by atoms with Crippen LogP contribution in [0.2, 0.25) is 0 Å². The van der Waals surface area contributed by atoms with Gasteiger partial charge in [0.25, 0.3) is 0 Å². The number of carbonyl (C=O) groups is 1. The van der Waals surface area contributed by atoms with Crippen LogP contribution in [0.3, 0.4) is 0 Å². The molecular weight excluding hydrogens is 286 g/mol. The molecule has 0 aromatic heterocycles. The number of hydrogen-bond acceptors (Lipinski definition) is 4. The molecule has 1 aliphatic heterocycles. The van der Waals surface area contributed by atoms with Crippen molar-refractivity contribution in [3.8, 4) is 0 Å². The Morgan fingerprint density at radius 3 is 3.00 bits per heavy atom. The molecule has 114 valence electrons. The molecule has 6 heteroatoms. The summed E-state index contributed by atoms with van der Waals surface area (Å²) in [5.74, 6) is 0.00464. The predicted molar refractivity (Wildman–Crippen MR) is 86.0 cm³/mol. The number of morpholine rings is 1. The van der Waals surface area contributed by atoms with Gasteiger partial charge < -0.3 is 15.8 Å². The minimum atomic E-state index is -0.266. The molecule has 1 unspecified atom stereocenters. The van der Waals surface area contributed by atoms with Gasteiger partial charge in [-0.1, -0.05) is 36.5 Å². The molecule has 0 aliphatic carbocycles. The molecule has 0 spiro atoms. The highest BCUT2D eigenvalue weighted by Gasteiger charge is 2.29. The van der Waals surface area contributed by atoms with E-state index in [1.54, 1.807) is 0 Å². The van der Waals surface area contributed by atoms with E-state index in [4.69, 9.17) is 22.7 Å². The Hall–Kier alpha value is -1.50. The van der Waals surface area contributed by atoms with Crippen molar-refractivity contribution in [3.63, 3.8) is 0 Å². The number of benzene rings is 1. The van der Waals surface area contributed by atoms with E-state index >= 15 is 0 Å². The zero-order valence-electron chi connectivity index (χ0n) is 12.2. The molecule has 1 aliphatic rings. The smallest absolute Gasteiger partial charge is 0.239 e. The molecule has 0 bridgehead atoms. The highest BCUT2D eigenvalue weighted by atomic mass is 32.1. The summed E-state index contributed by atoms with van der Waals surface area (Å²) in [5, 5.41) is 2.86. The first kappa shape index (κ1) is 15.9. The summed E-state index contributed by atoms with van der Waals surface area (Å²) in [4.78, 5) is 14.6. The van der Waals surface area contributed by atoms with E-state index in [2.05, 4.69) is 10.2 Å². The molecule has 3 N–H and O–H groups in total. The third-order valence-electron chi connectivity index (χ3n) is 3.55. The fourth-order valence-electron chi connectivity index (χ4n) is 2.48. The number of carbonyl (C=O) groups excluding carboxylic acids is 1. The van der Waals surface area contributed by atoms with Crippen LogP contribution in [-0.2, 0) is 16.1 Å². The Kier molecular flexibility index (Phi) is 5.67. The maximum atomic E-state index is 12.1. The lowest BCUT2D eigenvalue weighted by Crippen LogP contribution is -2.53. The molecule has 1 amide bonds. The van der Waals surface area contributed by atoms with Gasteiger partial charge in [-0.15, -0.1) is 0 Å². The molecule has 1 saturated heterocycles. The van der Waals surface area contributed by atoms with Gasteiger partial charge in [0.15, 0.2) is 0 Å². The first-order valence-corrected chi connectivity index (χ1v) is 7.51. The van der Waals surface area contributed by atoms with E-state index in [9.17, 15) is 4.79 Å². The van der Waals surface area contributed by atoms with Crippen molar-refractivity contribution in [2.24, 2.45) is 5.73 Å². The van der Waals surface area contributed by atoms with Crippen LogP contribution >= 0.6 is 12.2 Å². The Bertz CT molecular complexity index is 521. The SMILES string of the molecule is CCNC(=O)C1COCCN1Cc1ccccc1C(N)=S. The van der Waals surface area contributed by atoms with Crippen LogP contribution in [0.5, 0.6) is 0 Å². The van der Waals surface area contributed by atoms with E-state index in [0.29, 0.717) is 37.8 Å². The van der Waals surface area contributed by atoms with E-state index in [-0.39, 0.29) is 11.9 Å². The Morgan fingerprint density at radius 2 is 2.29 bits per heavy atom. The summed E-state index contributed by atoms with van der Waals surface area (Å²) in [6.45, 7) is 4.93. The number of nitrogens with zero attached hydrogens (tertiary/aromatic N) is 1. The maximum Gasteiger partial charge on any atom is 0.239 e. The lowest BCUT2D eigenvalue weighted by atomic mass is 10.1. The van der Waals surface area contributed by atoms with Crippen molar-refractivity contribution in [3.05, 3.63) is 35.4 Å². The van der Waals surface area contributed by atoms with Gasteiger partial charge in [0, 0.05) is 25.2 Å². The second-order valence-electron chi connectivity index (χ2n) is 4.98. The van der Waals surface area contributed by atoms with Crippen LogP contribution in [0.15, 0.2) is 24.3 Å². The highest BCUT2D eigenvalue weighted by molar-refractivity contribution is 7.80. The molecular formula is C15H21N3O2S. The second kappa shape index (κ2) is 7.49. The van der Waals surface area contributed by atoms with Crippen molar-refractivity contribution in [2.75, 3.05) is 26.3 Å². The van der Waals surface area contributed by atoms with Crippen LogP contribution in [0.1, 0.15) is 18.1 Å². The summed E-state index contributed by atoms with van der Waals surface area (Å²) >= 11 is 5.10. The molecule has 1 heterocycles. The van der Waals surface area contributed by atoms with Crippen LogP contribution in [0.4, 0.5) is 0 Å². The number of thiocarbonyl (C=S) groups is 1. The molecule has 0 radical (unpaired) electrons. The Balaban J connectivity index is 2.16. The first-order chi connectivity index (χ1) is 10.1. The van der Waals surface area contributed by atoms with Crippen molar-refractivity contribution >= 4 is 23.1 Å². The minimum Gasteiger partial charge on any atom is -0.389 e. The van der Waals surface area contributed by atoms with Crippen LogP contribution in [0, 0.1) is 0 Å². The fourth-order valence-corrected chi connectivity index (χ4v) is 2.68. The van der Waals surface area contributed by atoms with Gasteiger partial charge in [-0.2, -0.15) is 0 Å². The van der Waals surface area contributed by atoms with Crippen molar-refractivity contribution in [1.29, 1.82) is 0 Å². The largest absolute Gasteiger partial charge is 0.389 e. The van der Waals surface area contributed by atoms with E-state index < -0.39 is 0 Å². The van der Waals surface area contributed by atoms with Crippen LogP contribution < -0.4 is 11.1 Å². The number of amides is 1. The van der Waals surface area contributed by atoms with E-state index in [0.717, 1.165) is 11.1 Å². The number of likely N-dealkylation sites (N-methyl/N-ethyl adjacent to an activating group) is 1. The third kappa shape index (κ3) is 4.00. The fraction of sp³-hybridized carbons (Fsp3) is 0.467. The standard InChI is InChI=1S/C15H21N3O2S/c1-2-17-15(19)13-10-20-8-7-18(13)9-11-5-3-4-6-12(11)14(16)21/h3-6,13H,2,7-10H2,1H3,(H2,16,21)(H,17,19). The quantitative estimate of drug-likeness (QED) is 0.782. The maximum absolute atomic E-state index is 12.1. The Labute approximate surface area is 130 Å². The Morgan fingerprint density at radius 1 is 1.52 bits per heavy atom. The number of ether oxygens (including phenoxy) is 1. The summed E-state index contributed by atoms with van der Waals surface area (Å²) in [6.07, 6.45) is 0. The zero-order valence-corrected chi connectivity index (χ0v) is 13.0. The number of nitrogens with one attached hydrogen (secondary N) is 1. The van der Waals surface area contributed by atoms with Gasteiger partial charge >= 0.3 is 0 Å². The predicted octanol–water partition coefficient (Wildman–Crippen LogP) is 0.658.